The fourth-order valence-electron chi connectivity index (χ4n) is 4.90. The highest BCUT2D eigenvalue weighted by Gasteiger charge is 2.35. The van der Waals surface area contributed by atoms with Gasteiger partial charge in [0.15, 0.2) is 0 Å². The average molecular weight is 425 g/mol. The largest absolute Gasteiger partial charge is 0.358 e. The third-order valence-electron chi connectivity index (χ3n) is 6.85. The van der Waals surface area contributed by atoms with E-state index in [1.807, 2.05) is 12.1 Å². The zero-order valence-corrected chi connectivity index (χ0v) is 18.8. The Labute approximate surface area is 188 Å². The lowest BCUT2D eigenvalue weighted by Gasteiger charge is -2.17. The molecular formula is C27H28N4O. The Hall–Kier alpha value is -3.47. The third-order valence-corrected chi connectivity index (χ3v) is 6.85. The van der Waals surface area contributed by atoms with Gasteiger partial charge in [-0.25, -0.2) is 9.97 Å². The molecule has 32 heavy (non-hydrogen) atoms. The zero-order chi connectivity index (χ0) is 22.2. The molecule has 5 rings (SSSR count). The molecule has 162 valence electrons. The number of fused-ring (bicyclic) bond motifs is 1. The number of amides is 1. The number of rotatable bonds is 4. The van der Waals surface area contributed by atoms with Gasteiger partial charge < -0.3 is 4.98 Å². The standard InChI is InChI=1S/C27H28N4O/c1-16-7-4-5-8-21(16)20-14-28-27(29-15-20)31-26(32)23-10-6-9-22(23)25-13-19-11-17(2)18(3)12-24(19)30-25/h4-5,7-8,11-15,22-23,30H,6,9-10H2,1-3H3,(H,28,29,31,32). The summed E-state index contributed by atoms with van der Waals surface area (Å²) in [6, 6.07) is 14.8. The van der Waals surface area contributed by atoms with Crippen LogP contribution in [0.1, 0.15) is 47.6 Å². The lowest BCUT2D eigenvalue weighted by Crippen LogP contribution is -2.26. The number of aromatic nitrogens is 3. The number of aromatic amines is 1. The fraction of sp³-hybridized carbons (Fsp3) is 0.296. The number of H-pyrrole nitrogens is 1. The molecule has 4 aromatic rings. The number of anilines is 1. The number of carbonyl (C=O) groups is 1. The molecule has 2 aromatic carbocycles. The molecule has 2 aromatic heterocycles. The van der Waals surface area contributed by atoms with E-state index in [4.69, 9.17) is 0 Å². The van der Waals surface area contributed by atoms with Crippen molar-refractivity contribution in [1.82, 2.24) is 15.0 Å². The normalized spacial score (nSPS) is 18.2. The average Bonchev–Trinajstić information content (AvgIpc) is 3.42. The number of nitrogens with one attached hydrogen (secondary N) is 2. The molecule has 2 unspecified atom stereocenters. The van der Waals surface area contributed by atoms with Crippen molar-refractivity contribution in [3.05, 3.63) is 77.2 Å². The van der Waals surface area contributed by atoms with Crippen molar-refractivity contribution in [2.24, 2.45) is 5.92 Å². The Morgan fingerprint density at radius 3 is 2.50 bits per heavy atom. The van der Waals surface area contributed by atoms with E-state index >= 15 is 0 Å². The Morgan fingerprint density at radius 2 is 1.72 bits per heavy atom. The highest BCUT2D eigenvalue weighted by Crippen LogP contribution is 2.41. The number of carbonyl (C=O) groups excluding carboxylic acids is 1. The van der Waals surface area contributed by atoms with E-state index in [9.17, 15) is 4.79 Å². The Bertz CT molecular complexity index is 1250. The minimum absolute atomic E-state index is 0.00200. The van der Waals surface area contributed by atoms with Gasteiger partial charge in [0.05, 0.1) is 0 Å². The van der Waals surface area contributed by atoms with Crippen LogP contribution in [0, 0.1) is 26.7 Å². The second-order valence-corrected chi connectivity index (χ2v) is 8.99. The lowest BCUT2D eigenvalue weighted by atomic mass is 9.92. The van der Waals surface area contributed by atoms with E-state index < -0.39 is 0 Å². The molecule has 0 spiro atoms. The summed E-state index contributed by atoms with van der Waals surface area (Å²) in [5, 5.41) is 4.17. The summed E-state index contributed by atoms with van der Waals surface area (Å²) >= 11 is 0. The minimum atomic E-state index is -0.0788. The summed E-state index contributed by atoms with van der Waals surface area (Å²) in [4.78, 5) is 25.5. The van der Waals surface area contributed by atoms with Crippen molar-refractivity contribution < 1.29 is 4.79 Å². The number of nitrogens with zero attached hydrogens (tertiary/aromatic N) is 2. The van der Waals surface area contributed by atoms with Crippen LogP contribution in [0.3, 0.4) is 0 Å². The molecule has 1 aliphatic rings. The quantitative estimate of drug-likeness (QED) is 0.417. The van der Waals surface area contributed by atoms with E-state index in [2.05, 4.69) is 71.4 Å². The molecular weight excluding hydrogens is 396 g/mol. The zero-order valence-electron chi connectivity index (χ0n) is 18.8. The summed E-state index contributed by atoms with van der Waals surface area (Å²) < 4.78 is 0. The summed E-state index contributed by atoms with van der Waals surface area (Å²) in [7, 11) is 0. The van der Waals surface area contributed by atoms with Crippen molar-refractivity contribution in [2.75, 3.05) is 5.32 Å². The van der Waals surface area contributed by atoms with Gasteiger partial charge in [-0.2, -0.15) is 0 Å². The summed E-state index contributed by atoms with van der Waals surface area (Å²) in [5.41, 5.74) is 8.08. The van der Waals surface area contributed by atoms with Crippen molar-refractivity contribution >= 4 is 22.8 Å². The van der Waals surface area contributed by atoms with Gasteiger partial charge in [0.2, 0.25) is 11.9 Å². The molecule has 0 aliphatic heterocycles. The van der Waals surface area contributed by atoms with Crippen LogP contribution in [-0.4, -0.2) is 20.9 Å². The highest BCUT2D eigenvalue weighted by molar-refractivity contribution is 5.92. The van der Waals surface area contributed by atoms with E-state index in [0.29, 0.717) is 5.95 Å². The van der Waals surface area contributed by atoms with Gasteiger partial charge in [-0.05, 0) is 79.5 Å². The maximum absolute atomic E-state index is 13.1. The van der Waals surface area contributed by atoms with Crippen LogP contribution in [0.2, 0.25) is 0 Å². The lowest BCUT2D eigenvalue weighted by molar-refractivity contribution is -0.120. The van der Waals surface area contributed by atoms with Gasteiger partial charge in [0.25, 0.3) is 0 Å². The first kappa shape index (κ1) is 20.4. The Kier molecular flexibility index (Phi) is 5.25. The molecule has 1 amide bonds. The topological polar surface area (TPSA) is 70.7 Å². The van der Waals surface area contributed by atoms with Crippen LogP contribution in [-0.2, 0) is 4.79 Å². The summed E-state index contributed by atoms with van der Waals surface area (Å²) in [6.07, 6.45) is 6.49. The van der Waals surface area contributed by atoms with Gasteiger partial charge in [-0.1, -0.05) is 30.7 Å². The van der Waals surface area contributed by atoms with Crippen molar-refractivity contribution in [3.8, 4) is 11.1 Å². The van der Waals surface area contributed by atoms with Crippen LogP contribution >= 0.6 is 0 Å². The number of hydrogen-bond acceptors (Lipinski definition) is 3. The first-order chi connectivity index (χ1) is 15.5. The van der Waals surface area contributed by atoms with Gasteiger partial charge in [0.1, 0.15) is 0 Å². The van der Waals surface area contributed by atoms with E-state index in [0.717, 1.165) is 41.6 Å². The molecule has 0 bridgehead atoms. The van der Waals surface area contributed by atoms with Crippen LogP contribution in [0.15, 0.2) is 54.9 Å². The van der Waals surface area contributed by atoms with E-state index in [1.54, 1.807) is 12.4 Å². The molecule has 5 nitrogen and oxygen atoms in total. The Balaban J connectivity index is 1.33. The molecule has 2 N–H and O–H groups in total. The van der Waals surface area contributed by atoms with Crippen LogP contribution < -0.4 is 5.32 Å². The second-order valence-electron chi connectivity index (χ2n) is 8.99. The van der Waals surface area contributed by atoms with Gasteiger partial charge in [0, 0.05) is 41.0 Å². The monoisotopic (exact) mass is 424 g/mol. The Morgan fingerprint density at radius 1 is 0.969 bits per heavy atom. The molecule has 1 saturated carbocycles. The molecule has 0 saturated heterocycles. The van der Waals surface area contributed by atoms with Crippen LogP contribution in [0.25, 0.3) is 22.0 Å². The first-order valence-corrected chi connectivity index (χ1v) is 11.3. The van der Waals surface area contributed by atoms with Crippen molar-refractivity contribution in [2.45, 2.75) is 46.0 Å². The predicted molar refractivity (Wildman–Crippen MR) is 129 cm³/mol. The number of benzene rings is 2. The third kappa shape index (κ3) is 3.79. The molecule has 2 heterocycles. The van der Waals surface area contributed by atoms with Gasteiger partial charge >= 0.3 is 0 Å². The number of aryl methyl sites for hydroxylation is 3. The summed E-state index contributed by atoms with van der Waals surface area (Å²) in [6.45, 7) is 6.33. The van der Waals surface area contributed by atoms with E-state index in [-0.39, 0.29) is 17.7 Å². The SMILES string of the molecule is Cc1cc2cc(C3CCCC3C(=O)Nc3ncc(-c4ccccc4C)cn3)[nH]c2cc1C. The molecule has 2 atom stereocenters. The summed E-state index contributed by atoms with van der Waals surface area (Å²) in [5.74, 6) is 0.474. The minimum Gasteiger partial charge on any atom is -0.358 e. The molecule has 1 fully saturated rings. The van der Waals surface area contributed by atoms with E-state index in [1.165, 1.54) is 22.1 Å². The maximum atomic E-state index is 13.1. The van der Waals surface area contributed by atoms with Crippen molar-refractivity contribution in [3.63, 3.8) is 0 Å². The first-order valence-electron chi connectivity index (χ1n) is 11.3. The molecule has 5 heteroatoms. The molecule has 0 radical (unpaired) electrons. The highest BCUT2D eigenvalue weighted by atomic mass is 16.2. The maximum Gasteiger partial charge on any atom is 0.230 e. The van der Waals surface area contributed by atoms with Crippen molar-refractivity contribution in [1.29, 1.82) is 0 Å². The van der Waals surface area contributed by atoms with Gasteiger partial charge in [-0.3, -0.25) is 10.1 Å². The molecule has 1 aliphatic carbocycles. The fourth-order valence-corrected chi connectivity index (χ4v) is 4.90. The number of hydrogen-bond donors (Lipinski definition) is 2. The second kappa shape index (κ2) is 8.23. The van der Waals surface area contributed by atoms with Crippen LogP contribution in [0.5, 0.6) is 0 Å². The van der Waals surface area contributed by atoms with Gasteiger partial charge in [-0.15, -0.1) is 0 Å². The smallest absolute Gasteiger partial charge is 0.230 e. The predicted octanol–water partition coefficient (Wildman–Crippen LogP) is 6.07. The van der Waals surface area contributed by atoms with Crippen LogP contribution in [0.4, 0.5) is 5.95 Å².